The average molecular weight is 280 g/mol. The molecule has 0 spiro atoms. The lowest BCUT2D eigenvalue weighted by atomic mass is 9.73. The van der Waals surface area contributed by atoms with Crippen molar-refractivity contribution < 1.29 is 0 Å². The molecule has 0 bridgehead atoms. The van der Waals surface area contributed by atoms with Crippen LogP contribution in [0.5, 0.6) is 0 Å². The van der Waals surface area contributed by atoms with Crippen molar-refractivity contribution in [1.29, 1.82) is 0 Å². The summed E-state index contributed by atoms with van der Waals surface area (Å²) in [5.41, 5.74) is 7.79. The number of hydrogen-bond donors (Lipinski definition) is 1. The van der Waals surface area contributed by atoms with Gasteiger partial charge < -0.3 is 5.73 Å². The first kappa shape index (κ1) is 15.0. The molecule has 1 aliphatic carbocycles. The van der Waals surface area contributed by atoms with Crippen LogP contribution in [0.2, 0.25) is 0 Å². The molecule has 2 nitrogen and oxygen atoms in total. The second-order valence-electron chi connectivity index (χ2n) is 7.53. The van der Waals surface area contributed by atoms with Crippen LogP contribution < -0.4 is 5.73 Å². The van der Waals surface area contributed by atoms with Gasteiger partial charge in [-0.15, -0.1) is 11.3 Å². The third kappa shape index (κ3) is 3.19. The highest BCUT2D eigenvalue weighted by Gasteiger charge is 2.37. The molecule has 1 aromatic heterocycles. The van der Waals surface area contributed by atoms with Crippen LogP contribution in [0.15, 0.2) is 5.38 Å². The molecule has 1 fully saturated rings. The highest BCUT2D eigenvalue weighted by Crippen LogP contribution is 2.41. The summed E-state index contributed by atoms with van der Waals surface area (Å²) >= 11 is 1.76. The quantitative estimate of drug-likeness (QED) is 0.869. The fourth-order valence-electron chi connectivity index (χ4n) is 2.88. The van der Waals surface area contributed by atoms with E-state index in [0.717, 1.165) is 29.7 Å². The molecule has 0 aromatic carbocycles. The first-order chi connectivity index (χ1) is 8.72. The van der Waals surface area contributed by atoms with Gasteiger partial charge in [-0.3, -0.25) is 0 Å². The minimum absolute atomic E-state index is 0.125. The van der Waals surface area contributed by atoms with Gasteiger partial charge >= 0.3 is 0 Å². The van der Waals surface area contributed by atoms with Gasteiger partial charge in [-0.1, -0.05) is 34.6 Å². The van der Waals surface area contributed by atoms with Crippen LogP contribution in [0.4, 0.5) is 0 Å². The number of rotatable bonds is 2. The third-order valence-electron chi connectivity index (χ3n) is 4.56. The smallest absolute Gasteiger partial charge is 0.113 e. The van der Waals surface area contributed by atoms with Crippen molar-refractivity contribution >= 4 is 11.3 Å². The van der Waals surface area contributed by atoms with Crippen molar-refractivity contribution in [2.75, 3.05) is 0 Å². The Kier molecular flexibility index (Phi) is 4.08. The van der Waals surface area contributed by atoms with E-state index in [1.807, 2.05) is 0 Å². The summed E-state index contributed by atoms with van der Waals surface area (Å²) in [5.74, 6) is 1.63. The maximum Gasteiger partial charge on any atom is 0.113 e. The average Bonchev–Trinajstić information content (AvgIpc) is 2.79. The summed E-state index contributed by atoms with van der Waals surface area (Å²) in [4.78, 5) is 4.84. The standard InChI is InChI=1S/C16H28N2S/c1-11(2)12-6-8-16(17,9-7-12)14-18-13(10-19-14)15(3,4)5/h10-12H,6-9,17H2,1-5H3. The van der Waals surface area contributed by atoms with Crippen molar-refractivity contribution in [3.63, 3.8) is 0 Å². The maximum atomic E-state index is 6.65. The zero-order valence-corrected chi connectivity index (χ0v) is 13.8. The van der Waals surface area contributed by atoms with Crippen molar-refractivity contribution in [3.05, 3.63) is 16.1 Å². The summed E-state index contributed by atoms with van der Waals surface area (Å²) in [6.07, 6.45) is 4.68. The minimum Gasteiger partial charge on any atom is -0.319 e. The monoisotopic (exact) mass is 280 g/mol. The topological polar surface area (TPSA) is 38.9 Å². The van der Waals surface area contributed by atoms with E-state index in [-0.39, 0.29) is 11.0 Å². The highest BCUT2D eigenvalue weighted by atomic mass is 32.1. The fraction of sp³-hybridized carbons (Fsp3) is 0.812. The van der Waals surface area contributed by atoms with Gasteiger partial charge in [-0.05, 0) is 37.5 Å². The van der Waals surface area contributed by atoms with Gasteiger partial charge in [0.05, 0.1) is 11.2 Å². The first-order valence-electron chi connectivity index (χ1n) is 7.48. The largest absolute Gasteiger partial charge is 0.319 e. The minimum atomic E-state index is -0.167. The van der Waals surface area contributed by atoms with Crippen LogP contribution in [-0.2, 0) is 11.0 Å². The van der Waals surface area contributed by atoms with Gasteiger partial charge in [0.1, 0.15) is 5.01 Å². The van der Waals surface area contributed by atoms with E-state index >= 15 is 0 Å². The Bertz CT molecular complexity index is 420. The molecule has 0 aliphatic heterocycles. The fourth-order valence-corrected chi connectivity index (χ4v) is 4.10. The Hall–Kier alpha value is -0.410. The molecular formula is C16H28N2S. The normalized spacial score (nSPS) is 28.9. The molecule has 0 saturated heterocycles. The number of aromatic nitrogens is 1. The van der Waals surface area contributed by atoms with E-state index in [0.29, 0.717) is 0 Å². The van der Waals surface area contributed by atoms with E-state index < -0.39 is 0 Å². The zero-order chi connectivity index (χ0) is 14.3. The van der Waals surface area contributed by atoms with Gasteiger partial charge in [0, 0.05) is 10.8 Å². The molecule has 1 saturated carbocycles. The second-order valence-corrected chi connectivity index (χ2v) is 8.38. The summed E-state index contributed by atoms with van der Waals surface area (Å²) in [6, 6.07) is 0. The Labute approximate surface area is 121 Å². The molecule has 2 N–H and O–H groups in total. The summed E-state index contributed by atoms with van der Waals surface area (Å²) in [6.45, 7) is 11.3. The van der Waals surface area contributed by atoms with Crippen molar-refractivity contribution in [2.24, 2.45) is 17.6 Å². The third-order valence-corrected chi connectivity index (χ3v) is 5.63. The molecule has 1 heterocycles. The van der Waals surface area contributed by atoms with Gasteiger partial charge in [0.15, 0.2) is 0 Å². The summed E-state index contributed by atoms with van der Waals surface area (Å²) in [5, 5.41) is 3.35. The van der Waals surface area contributed by atoms with Crippen molar-refractivity contribution in [1.82, 2.24) is 4.98 Å². The molecule has 108 valence electrons. The van der Waals surface area contributed by atoms with Gasteiger partial charge in [-0.2, -0.15) is 0 Å². The predicted molar refractivity (Wildman–Crippen MR) is 83.5 cm³/mol. The Balaban J connectivity index is 2.12. The van der Waals surface area contributed by atoms with Gasteiger partial charge in [0.2, 0.25) is 0 Å². The molecular weight excluding hydrogens is 252 g/mol. The SMILES string of the molecule is CC(C)C1CCC(N)(c2nc(C(C)(C)C)cs2)CC1. The molecule has 3 heteroatoms. The molecule has 0 radical (unpaired) electrons. The number of thiazole rings is 1. The molecule has 1 aliphatic rings. The molecule has 1 aromatic rings. The van der Waals surface area contributed by atoms with Crippen LogP contribution in [0.25, 0.3) is 0 Å². The Morgan fingerprint density at radius 3 is 2.32 bits per heavy atom. The Morgan fingerprint density at radius 1 is 1.32 bits per heavy atom. The lowest BCUT2D eigenvalue weighted by Crippen LogP contribution is -2.41. The van der Waals surface area contributed by atoms with E-state index in [4.69, 9.17) is 10.7 Å². The summed E-state index contributed by atoms with van der Waals surface area (Å²) in [7, 11) is 0. The Morgan fingerprint density at radius 2 is 1.89 bits per heavy atom. The first-order valence-corrected chi connectivity index (χ1v) is 8.36. The van der Waals surface area contributed by atoms with Crippen LogP contribution >= 0.6 is 11.3 Å². The lowest BCUT2D eigenvalue weighted by molar-refractivity contribution is 0.195. The van der Waals surface area contributed by atoms with Crippen molar-refractivity contribution in [2.45, 2.75) is 71.3 Å². The zero-order valence-electron chi connectivity index (χ0n) is 13.0. The molecule has 19 heavy (non-hydrogen) atoms. The highest BCUT2D eigenvalue weighted by molar-refractivity contribution is 7.09. The van der Waals surface area contributed by atoms with E-state index in [2.05, 4.69) is 40.0 Å². The number of nitrogens with zero attached hydrogens (tertiary/aromatic N) is 1. The maximum absolute atomic E-state index is 6.65. The number of nitrogens with two attached hydrogens (primary N) is 1. The second kappa shape index (κ2) is 5.17. The lowest BCUT2D eigenvalue weighted by Gasteiger charge is -2.37. The van der Waals surface area contributed by atoms with Crippen LogP contribution in [0.3, 0.4) is 0 Å². The molecule has 0 unspecified atom stereocenters. The van der Waals surface area contributed by atoms with E-state index in [1.165, 1.54) is 18.5 Å². The number of hydrogen-bond acceptors (Lipinski definition) is 3. The summed E-state index contributed by atoms with van der Waals surface area (Å²) < 4.78 is 0. The van der Waals surface area contributed by atoms with Crippen LogP contribution in [-0.4, -0.2) is 4.98 Å². The van der Waals surface area contributed by atoms with E-state index in [1.54, 1.807) is 11.3 Å². The van der Waals surface area contributed by atoms with Gasteiger partial charge in [0.25, 0.3) is 0 Å². The van der Waals surface area contributed by atoms with Crippen LogP contribution in [0, 0.1) is 11.8 Å². The molecule has 0 atom stereocenters. The van der Waals surface area contributed by atoms with Crippen molar-refractivity contribution in [3.8, 4) is 0 Å². The predicted octanol–water partition coefficient (Wildman–Crippen LogP) is 4.44. The van der Waals surface area contributed by atoms with Crippen LogP contribution in [0.1, 0.15) is 71.0 Å². The molecule has 2 rings (SSSR count). The van der Waals surface area contributed by atoms with Gasteiger partial charge in [-0.25, -0.2) is 4.98 Å². The molecule has 0 amide bonds. The van der Waals surface area contributed by atoms with E-state index in [9.17, 15) is 0 Å².